The molecule has 0 N–H and O–H groups in total. The maximum absolute atomic E-state index is 11.9. The minimum atomic E-state index is -1.13. The monoisotopic (exact) mass is 266 g/mol. The van der Waals surface area contributed by atoms with Crippen molar-refractivity contribution < 1.29 is 34.7 Å². The molecule has 0 aromatic carbocycles. The van der Waals surface area contributed by atoms with Crippen LogP contribution in [-0.4, -0.2) is 35.9 Å². The van der Waals surface area contributed by atoms with E-state index in [9.17, 15) is 5.11 Å². The molecule has 3 heterocycles. The Morgan fingerprint density at radius 1 is 0.789 bits per heavy atom. The Hall–Kier alpha value is -1.41. The van der Waals surface area contributed by atoms with E-state index in [4.69, 9.17) is 0 Å². The van der Waals surface area contributed by atoms with Crippen LogP contribution in [-0.2, 0) is 5.79 Å². The molecule has 0 fully saturated rings. The van der Waals surface area contributed by atoms with Crippen LogP contribution in [0.1, 0.15) is 0 Å². The van der Waals surface area contributed by atoms with Gasteiger partial charge in [0.25, 0.3) is 0 Å². The Labute approximate surface area is 131 Å². The second kappa shape index (κ2) is 5.70. The molecule has 92 valence electrons. The molecule has 19 heavy (non-hydrogen) atoms. The fraction of sp³-hybridized carbons (Fsp3) is 0.182. The van der Waals surface area contributed by atoms with Crippen LogP contribution in [0.3, 0.4) is 0 Å². The summed E-state index contributed by atoms with van der Waals surface area (Å²) in [5.41, 5.74) is 0. The number of aromatic nitrogens is 6. The second-order valence-corrected chi connectivity index (χ2v) is 3.77. The molecule has 0 amide bonds. The minimum absolute atomic E-state index is 0. The summed E-state index contributed by atoms with van der Waals surface area (Å²) in [6.07, 6.45) is 10.0. The topological polar surface area (TPSA) is 76.5 Å². The first kappa shape index (κ1) is 14.0. The van der Waals surface area contributed by atoms with Gasteiger partial charge in [-0.15, -0.1) is 0 Å². The number of rotatable bonds is 4. The summed E-state index contributed by atoms with van der Waals surface area (Å²) in [6, 6.07) is 5.28. The molecule has 0 spiro atoms. The predicted molar refractivity (Wildman–Crippen MR) is 60.3 cm³/mol. The van der Waals surface area contributed by atoms with E-state index in [0.29, 0.717) is 0 Å². The summed E-state index contributed by atoms with van der Waals surface area (Å²) in [7, 11) is 0. The van der Waals surface area contributed by atoms with Crippen molar-refractivity contribution in [2.24, 2.45) is 0 Å². The van der Waals surface area contributed by atoms with Crippen molar-refractivity contribution in [3.8, 4) is 0 Å². The van der Waals surface area contributed by atoms with Gasteiger partial charge in [-0.1, -0.05) is 6.61 Å². The SMILES string of the molecule is [Na+].[O-]CC(n1cccn1)(n1cccn1)n1cccn1. The fourth-order valence-electron chi connectivity index (χ4n) is 1.96. The maximum Gasteiger partial charge on any atom is 1.00 e. The van der Waals surface area contributed by atoms with Crippen molar-refractivity contribution >= 4 is 0 Å². The molecule has 3 aromatic rings. The van der Waals surface area contributed by atoms with Gasteiger partial charge in [-0.25, -0.2) is 14.0 Å². The van der Waals surface area contributed by atoms with Crippen LogP contribution < -0.4 is 34.7 Å². The molecule has 0 atom stereocenters. The zero-order valence-electron chi connectivity index (χ0n) is 10.5. The normalized spacial score (nSPS) is 11.2. The zero-order valence-corrected chi connectivity index (χ0v) is 12.5. The number of hydrogen-bond acceptors (Lipinski definition) is 4. The first-order valence-electron chi connectivity index (χ1n) is 5.46. The molecule has 7 nitrogen and oxygen atoms in total. The molecule has 0 unspecified atom stereocenters. The van der Waals surface area contributed by atoms with Crippen molar-refractivity contribution in [1.82, 2.24) is 29.3 Å². The van der Waals surface area contributed by atoms with E-state index in [2.05, 4.69) is 15.3 Å². The van der Waals surface area contributed by atoms with Crippen molar-refractivity contribution in [2.45, 2.75) is 5.79 Å². The van der Waals surface area contributed by atoms with Crippen molar-refractivity contribution in [3.63, 3.8) is 0 Å². The third kappa shape index (κ3) is 2.14. The van der Waals surface area contributed by atoms with Crippen molar-refractivity contribution in [2.75, 3.05) is 6.61 Å². The van der Waals surface area contributed by atoms with Crippen LogP contribution in [0.5, 0.6) is 0 Å². The van der Waals surface area contributed by atoms with Crippen LogP contribution in [0.15, 0.2) is 55.4 Å². The fourth-order valence-corrected chi connectivity index (χ4v) is 1.96. The van der Waals surface area contributed by atoms with E-state index in [1.54, 1.807) is 69.4 Å². The number of nitrogens with zero attached hydrogens (tertiary/aromatic N) is 6. The van der Waals surface area contributed by atoms with E-state index in [1.165, 1.54) is 0 Å². The summed E-state index contributed by atoms with van der Waals surface area (Å²) in [5, 5.41) is 24.4. The Morgan fingerprint density at radius 3 is 1.37 bits per heavy atom. The molecule has 0 aliphatic heterocycles. The standard InChI is InChI=1S/C11H11N6O.Na/c18-10-11(15-7-1-4-12-15,16-8-2-5-13-16)17-9-3-6-14-17;/h1-9H,10H2;/q-1;+1. The van der Waals surface area contributed by atoms with Crippen molar-refractivity contribution in [1.29, 1.82) is 0 Å². The maximum atomic E-state index is 11.9. The molecule has 0 bridgehead atoms. The van der Waals surface area contributed by atoms with E-state index in [1.807, 2.05) is 0 Å². The Kier molecular flexibility index (Phi) is 4.20. The molecule has 0 aliphatic carbocycles. The third-order valence-electron chi connectivity index (χ3n) is 2.81. The van der Waals surface area contributed by atoms with Gasteiger partial charge in [0.2, 0.25) is 5.79 Å². The third-order valence-corrected chi connectivity index (χ3v) is 2.81. The van der Waals surface area contributed by atoms with E-state index >= 15 is 0 Å². The van der Waals surface area contributed by atoms with Gasteiger partial charge in [-0.05, 0) is 18.2 Å². The summed E-state index contributed by atoms with van der Waals surface area (Å²) in [6.45, 7) is -0.474. The molecule has 0 radical (unpaired) electrons. The molecule has 8 heteroatoms. The van der Waals surface area contributed by atoms with E-state index in [0.717, 1.165) is 0 Å². The molecule has 0 aliphatic rings. The summed E-state index contributed by atoms with van der Waals surface area (Å²) < 4.78 is 4.67. The van der Waals surface area contributed by atoms with Crippen LogP contribution in [0.2, 0.25) is 0 Å². The molecule has 3 rings (SSSR count). The molecule has 0 saturated heterocycles. The van der Waals surface area contributed by atoms with Gasteiger partial charge < -0.3 is 5.11 Å². The van der Waals surface area contributed by atoms with Crippen molar-refractivity contribution in [3.05, 3.63) is 55.4 Å². The minimum Gasteiger partial charge on any atom is -0.850 e. The average Bonchev–Trinajstić information content (AvgIpc) is 3.16. The smallest absolute Gasteiger partial charge is 0.850 e. The van der Waals surface area contributed by atoms with Crippen LogP contribution in [0.4, 0.5) is 0 Å². The second-order valence-electron chi connectivity index (χ2n) is 3.77. The summed E-state index contributed by atoms with van der Waals surface area (Å²) in [4.78, 5) is 0. The van der Waals surface area contributed by atoms with Gasteiger partial charge in [-0.2, -0.15) is 15.3 Å². The Morgan fingerprint density at radius 2 is 1.16 bits per heavy atom. The van der Waals surface area contributed by atoms with Gasteiger partial charge >= 0.3 is 29.6 Å². The van der Waals surface area contributed by atoms with Gasteiger partial charge in [0, 0.05) is 37.2 Å². The van der Waals surface area contributed by atoms with Gasteiger partial charge in [0.1, 0.15) is 0 Å². The quantitative estimate of drug-likeness (QED) is 0.456. The zero-order chi connectivity index (χ0) is 12.4. The van der Waals surface area contributed by atoms with Crippen LogP contribution in [0.25, 0.3) is 0 Å². The first-order valence-corrected chi connectivity index (χ1v) is 5.46. The van der Waals surface area contributed by atoms with Gasteiger partial charge in [0.05, 0.1) is 0 Å². The molecular formula is C11H11N6NaO. The molecule has 3 aromatic heterocycles. The first-order chi connectivity index (χ1) is 8.88. The largest absolute Gasteiger partial charge is 1.00 e. The summed E-state index contributed by atoms with van der Waals surface area (Å²) >= 11 is 0. The van der Waals surface area contributed by atoms with Crippen LogP contribution >= 0.6 is 0 Å². The predicted octanol–water partition coefficient (Wildman–Crippen LogP) is -3.65. The van der Waals surface area contributed by atoms with E-state index < -0.39 is 12.4 Å². The summed E-state index contributed by atoms with van der Waals surface area (Å²) in [5.74, 6) is -1.13. The molecule has 0 saturated carbocycles. The van der Waals surface area contributed by atoms with Gasteiger partial charge in [-0.3, -0.25) is 0 Å². The average molecular weight is 266 g/mol. The Balaban J connectivity index is 0.00000133. The Bertz CT molecular complexity index is 505. The molecular weight excluding hydrogens is 255 g/mol. The van der Waals surface area contributed by atoms with E-state index in [-0.39, 0.29) is 29.6 Å². The number of hydrogen-bond donors (Lipinski definition) is 0. The van der Waals surface area contributed by atoms with Gasteiger partial charge in [0.15, 0.2) is 0 Å². The van der Waals surface area contributed by atoms with Crippen LogP contribution in [0, 0.1) is 0 Å².